The summed E-state index contributed by atoms with van der Waals surface area (Å²) in [6, 6.07) is 0. The van der Waals surface area contributed by atoms with E-state index in [0.29, 0.717) is 3.70 Å². The zero-order chi connectivity index (χ0) is 10.9. The lowest BCUT2D eigenvalue weighted by Gasteiger charge is -2.06. The van der Waals surface area contributed by atoms with E-state index in [4.69, 9.17) is 0 Å². The molecule has 0 amide bonds. The van der Waals surface area contributed by atoms with Crippen LogP contribution in [0.1, 0.15) is 17.6 Å². The third-order valence-corrected chi connectivity index (χ3v) is 2.79. The van der Waals surface area contributed by atoms with Crippen molar-refractivity contribution in [2.24, 2.45) is 0 Å². The van der Waals surface area contributed by atoms with Crippen LogP contribution in [0.25, 0.3) is 0 Å². The fourth-order valence-corrected chi connectivity index (χ4v) is 1.44. The van der Waals surface area contributed by atoms with E-state index in [1.165, 1.54) is 6.92 Å². The molecule has 0 unspecified atom stereocenters. The van der Waals surface area contributed by atoms with E-state index in [-0.39, 0.29) is 5.56 Å². The highest BCUT2D eigenvalue weighted by Crippen LogP contribution is 2.32. The molecular formula is C7H5F2IN2O2. The lowest BCUT2D eigenvalue weighted by atomic mass is 10.1. The number of rotatable bonds is 2. The van der Waals surface area contributed by atoms with Gasteiger partial charge in [-0.2, -0.15) is 0 Å². The first kappa shape index (κ1) is 11.2. The summed E-state index contributed by atoms with van der Waals surface area (Å²) in [5, 5.41) is 10.4. The summed E-state index contributed by atoms with van der Waals surface area (Å²) >= 11 is 1.76. The Kier molecular flexibility index (Phi) is 3.29. The van der Waals surface area contributed by atoms with E-state index in [0.717, 1.165) is 6.20 Å². The second-order valence-corrected chi connectivity index (χ2v) is 3.55. The fraction of sp³-hybridized carbons (Fsp3) is 0.286. The highest BCUT2D eigenvalue weighted by molar-refractivity contribution is 14.1. The summed E-state index contributed by atoms with van der Waals surface area (Å²) in [5.74, 6) is 0. The van der Waals surface area contributed by atoms with Crippen LogP contribution in [-0.2, 0) is 0 Å². The molecule has 1 heterocycles. The van der Waals surface area contributed by atoms with Gasteiger partial charge in [0, 0.05) is 0 Å². The van der Waals surface area contributed by atoms with Crippen LogP contribution in [0.3, 0.4) is 0 Å². The van der Waals surface area contributed by atoms with Crippen molar-refractivity contribution in [3.05, 3.63) is 31.1 Å². The maximum absolute atomic E-state index is 12.5. The molecule has 0 bridgehead atoms. The van der Waals surface area contributed by atoms with Crippen LogP contribution in [0, 0.1) is 20.7 Å². The summed E-state index contributed by atoms with van der Waals surface area (Å²) in [6.07, 6.45) is -2.00. The van der Waals surface area contributed by atoms with E-state index in [1.54, 1.807) is 22.6 Å². The Balaban J connectivity index is 3.45. The molecule has 0 aliphatic carbocycles. The second kappa shape index (κ2) is 4.11. The van der Waals surface area contributed by atoms with Gasteiger partial charge in [0.1, 0.15) is 15.5 Å². The van der Waals surface area contributed by atoms with Crippen molar-refractivity contribution in [3.63, 3.8) is 0 Å². The third kappa shape index (κ3) is 1.97. The largest absolute Gasteiger partial charge is 0.296 e. The van der Waals surface area contributed by atoms with Gasteiger partial charge in [-0.15, -0.1) is 0 Å². The van der Waals surface area contributed by atoms with E-state index in [2.05, 4.69) is 4.98 Å². The van der Waals surface area contributed by atoms with Crippen LogP contribution < -0.4 is 0 Å². The van der Waals surface area contributed by atoms with Crippen LogP contribution in [0.15, 0.2) is 6.20 Å². The minimum Gasteiger partial charge on any atom is -0.258 e. The minimum absolute atomic E-state index is 0.162. The third-order valence-electron chi connectivity index (χ3n) is 1.70. The summed E-state index contributed by atoms with van der Waals surface area (Å²) < 4.78 is 25.3. The van der Waals surface area contributed by atoms with Crippen molar-refractivity contribution < 1.29 is 13.7 Å². The van der Waals surface area contributed by atoms with Crippen LogP contribution >= 0.6 is 22.6 Å². The van der Waals surface area contributed by atoms with Gasteiger partial charge >= 0.3 is 0 Å². The number of nitrogens with zero attached hydrogens (tertiary/aromatic N) is 2. The number of hydrogen-bond donors (Lipinski definition) is 0. The number of halogens is 3. The Morgan fingerprint density at radius 2 is 2.21 bits per heavy atom. The molecule has 14 heavy (non-hydrogen) atoms. The molecule has 0 saturated carbocycles. The first-order chi connectivity index (χ1) is 6.45. The highest BCUT2D eigenvalue weighted by Gasteiger charge is 2.25. The zero-order valence-corrected chi connectivity index (χ0v) is 9.16. The van der Waals surface area contributed by atoms with Crippen molar-refractivity contribution in [3.8, 4) is 0 Å². The van der Waals surface area contributed by atoms with Crippen LogP contribution in [0.5, 0.6) is 0 Å². The van der Waals surface area contributed by atoms with Gasteiger partial charge in [0.25, 0.3) is 12.1 Å². The standard InChI is InChI=1S/C7H5F2IN2O2/c1-3-5(6(8)9)4(12(13)14)2-11-7(3)10/h2,6H,1H3. The van der Waals surface area contributed by atoms with Crippen molar-refractivity contribution in [2.75, 3.05) is 0 Å². The summed E-state index contributed by atoms with van der Waals surface area (Å²) in [6.45, 7) is 1.39. The number of nitro groups is 1. The first-order valence-corrected chi connectivity index (χ1v) is 4.60. The molecule has 1 aromatic heterocycles. The van der Waals surface area contributed by atoms with E-state index in [9.17, 15) is 18.9 Å². The summed E-state index contributed by atoms with van der Waals surface area (Å²) in [7, 11) is 0. The van der Waals surface area contributed by atoms with Gasteiger partial charge in [-0.25, -0.2) is 13.8 Å². The normalized spacial score (nSPS) is 10.6. The molecule has 4 nitrogen and oxygen atoms in total. The van der Waals surface area contributed by atoms with Gasteiger partial charge in [0.15, 0.2) is 0 Å². The average molecular weight is 314 g/mol. The number of pyridine rings is 1. The lowest BCUT2D eigenvalue weighted by molar-refractivity contribution is -0.386. The molecule has 1 rings (SSSR count). The van der Waals surface area contributed by atoms with Crippen LogP contribution in [0.4, 0.5) is 14.5 Å². The Morgan fingerprint density at radius 1 is 1.64 bits per heavy atom. The predicted octanol–water partition coefficient (Wildman–Crippen LogP) is 2.84. The summed E-state index contributed by atoms with van der Waals surface area (Å²) in [5.41, 5.74) is -1.01. The summed E-state index contributed by atoms with van der Waals surface area (Å²) in [4.78, 5) is 13.2. The number of hydrogen-bond acceptors (Lipinski definition) is 3. The SMILES string of the molecule is Cc1c(I)ncc([N+](=O)[O-])c1C(F)F. The molecule has 0 saturated heterocycles. The van der Waals surface area contributed by atoms with Crippen molar-refractivity contribution in [1.29, 1.82) is 0 Å². The number of aromatic nitrogens is 1. The molecule has 0 aliphatic rings. The molecule has 0 radical (unpaired) electrons. The van der Waals surface area contributed by atoms with Gasteiger partial charge in [-0.3, -0.25) is 10.1 Å². The average Bonchev–Trinajstić information content (AvgIpc) is 2.08. The van der Waals surface area contributed by atoms with Gasteiger partial charge < -0.3 is 0 Å². The molecule has 76 valence electrons. The molecule has 0 atom stereocenters. The van der Waals surface area contributed by atoms with E-state index in [1.807, 2.05) is 0 Å². The first-order valence-electron chi connectivity index (χ1n) is 3.52. The lowest BCUT2D eigenvalue weighted by Crippen LogP contribution is -2.02. The van der Waals surface area contributed by atoms with E-state index < -0.39 is 22.6 Å². The van der Waals surface area contributed by atoms with Crippen LogP contribution in [-0.4, -0.2) is 9.91 Å². The Labute approximate surface area is 91.6 Å². The fourth-order valence-electron chi connectivity index (χ4n) is 1.01. The molecular weight excluding hydrogens is 309 g/mol. The molecule has 1 aromatic rings. The van der Waals surface area contributed by atoms with Crippen molar-refractivity contribution >= 4 is 28.3 Å². The molecule has 7 heteroatoms. The van der Waals surface area contributed by atoms with Crippen LogP contribution in [0.2, 0.25) is 0 Å². The van der Waals surface area contributed by atoms with Gasteiger partial charge in [0.2, 0.25) is 0 Å². The monoisotopic (exact) mass is 314 g/mol. The zero-order valence-electron chi connectivity index (χ0n) is 7.00. The molecule has 0 aliphatic heterocycles. The molecule has 0 aromatic carbocycles. The number of alkyl halides is 2. The topological polar surface area (TPSA) is 56.0 Å². The molecule has 0 N–H and O–H groups in total. The van der Waals surface area contributed by atoms with Gasteiger partial charge in [0.05, 0.1) is 4.92 Å². The predicted molar refractivity (Wildman–Crippen MR) is 53.3 cm³/mol. The van der Waals surface area contributed by atoms with E-state index >= 15 is 0 Å². The van der Waals surface area contributed by atoms with Crippen molar-refractivity contribution in [2.45, 2.75) is 13.3 Å². The quantitative estimate of drug-likeness (QED) is 0.365. The molecule has 0 spiro atoms. The Bertz CT molecular complexity index is 384. The minimum atomic E-state index is -2.85. The Hall–Kier alpha value is -0.860. The second-order valence-electron chi connectivity index (χ2n) is 2.53. The van der Waals surface area contributed by atoms with Gasteiger partial charge in [-0.05, 0) is 35.1 Å². The Morgan fingerprint density at radius 3 is 2.64 bits per heavy atom. The maximum atomic E-state index is 12.5. The molecule has 0 fully saturated rings. The smallest absolute Gasteiger partial charge is 0.258 e. The maximum Gasteiger partial charge on any atom is 0.296 e. The van der Waals surface area contributed by atoms with Crippen molar-refractivity contribution in [1.82, 2.24) is 4.98 Å². The highest BCUT2D eigenvalue weighted by atomic mass is 127. The van der Waals surface area contributed by atoms with Gasteiger partial charge in [-0.1, -0.05) is 0 Å².